The van der Waals surface area contributed by atoms with E-state index in [1.54, 1.807) is 0 Å². The van der Waals surface area contributed by atoms with E-state index in [0.717, 1.165) is 55.3 Å². The van der Waals surface area contributed by atoms with E-state index in [2.05, 4.69) is 6.92 Å². The van der Waals surface area contributed by atoms with Crippen molar-refractivity contribution in [2.45, 2.75) is 90.6 Å². The van der Waals surface area contributed by atoms with Crippen LogP contribution in [0.3, 0.4) is 0 Å². The molecule has 0 amide bonds. The van der Waals surface area contributed by atoms with Crippen LogP contribution in [0.1, 0.15) is 85.0 Å². The Morgan fingerprint density at radius 1 is 0.958 bits per heavy atom. The molecule has 0 radical (unpaired) electrons. The van der Waals surface area contributed by atoms with Crippen LogP contribution in [0.4, 0.5) is 0 Å². The number of hydrogen-bond acceptors (Lipinski definition) is 2. The van der Waals surface area contributed by atoms with E-state index in [0.29, 0.717) is 17.1 Å². The Labute approximate surface area is 147 Å². The lowest BCUT2D eigenvalue weighted by Gasteiger charge is -2.56. The third-order valence-corrected chi connectivity index (χ3v) is 8.97. The minimum absolute atomic E-state index is 0.293. The molecule has 136 valence electrons. The minimum Gasteiger partial charge on any atom is -0.390 e. The number of carbonyl (C=O) groups is 1. The summed E-state index contributed by atoms with van der Waals surface area (Å²) in [5.41, 5.74) is -0.121. The summed E-state index contributed by atoms with van der Waals surface area (Å²) in [5.74, 6) is 5.03. The third kappa shape index (κ3) is 2.50. The highest BCUT2D eigenvalue weighted by Crippen LogP contribution is 2.64. The summed E-state index contributed by atoms with van der Waals surface area (Å²) < 4.78 is 0. The Morgan fingerprint density at radius 2 is 1.71 bits per heavy atom. The first-order chi connectivity index (χ1) is 11.4. The van der Waals surface area contributed by atoms with E-state index in [-0.39, 0.29) is 0 Å². The van der Waals surface area contributed by atoms with Gasteiger partial charge in [-0.25, -0.2) is 0 Å². The molecular formula is C22H36O2. The summed E-state index contributed by atoms with van der Waals surface area (Å²) in [6, 6.07) is 0. The quantitative estimate of drug-likeness (QED) is 0.774. The molecule has 4 rings (SSSR count). The number of Topliss-reactive ketones (excluding diaryl/α,β-unsaturated/α-hetero) is 1. The molecule has 4 aliphatic carbocycles. The van der Waals surface area contributed by atoms with Gasteiger partial charge in [-0.15, -0.1) is 0 Å². The molecule has 0 aromatic carbocycles. The van der Waals surface area contributed by atoms with Gasteiger partial charge in [-0.1, -0.05) is 13.8 Å². The highest BCUT2D eigenvalue weighted by molar-refractivity contribution is 5.81. The summed E-state index contributed by atoms with van der Waals surface area (Å²) in [6.45, 7) is 6.55. The van der Waals surface area contributed by atoms with E-state index in [4.69, 9.17) is 0 Å². The summed E-state index contributed by atoms with van der Waals surface area (Å²) in [6.07, 6.45) is 11.7. The topological polar surface area (TPSA) is 37.3 Å². The minimum atomic E-state index is -0.414. The van der Waals surface area contributed by atoms with E-state index in [1.807, 2.05) is 13.8 Å². The largest absolute Gasteiger partial charge is 0.390 e. The van der Waals surface area contributed by atoms with Crippen molar-refractivity contribution in [1.29, 1.82) is 0 Å². The van der Waals surface area contributed by atoms with Crippen molar-refractivity contribution in [2.75, 3.05) is 0 Å². The Balaban J connectivity index is 1.54. The van der Waals surface area contributed by atoms with Crippen molar-refractivity contribution in [3.8, 4) is 0 Å². The molecule has 24 heavy (non-hydrogen) atoms. The maximum Gasteiger partial charge on any atom is 0.136 e. The Hall–Kier alpha value is -0.370. The number of carbonyl (C=O) groups excluding carboxylic acids is 1. The maximum absolute atomic E-state index is 12.5. The fourth-order valence-corrected chi connectivity index (χ4v) is 7.86. The maximum atomic E-state index is 12.5. The molecule has 0 heterocycles. The van der Waals surface area contributed by atoms with E-state index < -0.39 is 5.60 Å². The lowest BCUT2D eigenvalue weighted by molar-refractivity contribution is -0.132. The van der Waals surface area contributed by atoms with E-state index >= 15 is 0 Å². The van der Waals surface area contributed by atoms with Crippen molar-refractivity contribution in [3.05, 3.63) is 0 Å². The van der Waals surface area contributed by atoms with Crippen LogP contribution < -0.4 is 0 Å². The van der Waals surface area contributed by atoms with Gasteiger partial charge >= 0.3 is 0 Å². The first-order valence-electron chi connectivity index (χ1n) is 10.6. The molecule has 4 fully saturated rings. The smallest absolute Gasteiger partial charge is 0.136 e. The van der Waals surface area contributed by atoms with Crippen LogP contribution in [-0.4, -0.2) is 16.5 Å². The second-order valence-corrected chi connectivity index (χ2v) is 10.2. The van der Waals surface area contributed by atoms with Crippen molar-refractivity contribution >= 4 is 5.78 Å². The van der Waals surface area contributed by atoms with Gasteiger partial charge in [-0.3, -0.25) is 4.79 Å². The van der Waals surface area contributed by atoms with Crippen LogP contribution in [0.25, 0.3) is 0 Å². The fourth-order valence-electron chi connectivity index (χ4n) is 7.86. The highest BCUT2D eigenvalue weighted by Gasteiger charge is 2.58. The highest BCUT2D eigenvalue weighted by atomic mass is 16.3. The molecule has 0 unspecified atom stereocenters. The van der Waals surface area contributed by atoms with Gasteiger partial charge in [0.15, 0.2) is 0 Å². The molecule has 0 aliphatic heterocycles. The zero-order chi connectivity index (χ0) is 17.1. The molecule has 0 spiro atoms. The first-order valence-corrected chi connectivity index (χ1v) is 10.6. The van der Waals surface area contributed by atoms with Crippen LogP contribution >= 0.6 is 0 Å². The van der Waals surface area contributed by atoms with Crippen molar-refractivity contribution in [3.63, 3.8) is 0 Å². The number of aliphatic hydroxyl groups is 1. The molecule has 4 aliphatic rings. The molecule has 2 nitrogen and oxygen atoms in total. The summed E-state index contributed by atoms with van der Waals surface area (Å²) in [4.78, 5) is 12.5. The van der Waals surface area contributed by atoms with Crippen LogP contribution in [0.2, 0.25) is 0 Å². The monoisotopic (exact) mass is 332 g/mol. The molecule has 2 heteroatoms. The predicted molar refractivity (Wildman–Crippen MR) is 96.5 cm³/mol. The van der Waals surface area contributed by atoms with Crippen LogP contribution in [-0.2, 0) is 4.79 Å². The second-order valence-electron chi connectivity index (χ2n) is 10.2. The second kappa shape index (κ2) is 5.83. The average Bonchev–Trinajstić information content (AvgIpc) is 2.90. The number of fused-ring (bicyclic) bond motifs is 5. The summed E-state index contributed by atoms with van der Waals surface area (Å²) in [7, 11) is 0. The van der Waals surface area contributed by atoms with E-state index in [9.17, 15) is 9.90 Å². The number of ketones is 1. The Morgan fingerprint density at radius 3 is 2.46 bits per heavy atom. The Bertz CT molecular complexity index is 510. The number of rotatable bonds is 2. The molecule has 8 atom stereocenters. The molecule has 4 saturated carbocycles. The standard InChI is InChI=1S/C22H36O2/c1-4-20(23)19-8-7-18-17-6-5-14-13-21(2,24)11-9-15(14)16(17)10-12-22(18,19)3/h14-19,24H,4-13H2,1-3H3/t14-,15-,16+,17+,18-,19+,21+,22-/m0/s1. The number of hydrogen-bond donors (Lipinski definition) is 1. The van der Waals surface area contributed by atoms with Crippen LogP contribution in [0.15, 0.2) is 0 Å². The van der Waals surface area contributed by atoms with Gasteiger partial charge in [-0.05, 0) is 99.7 Å². The van der Waals surface area contributed by atoms with E-state index in [1.165, 1.54) is 38.5 Å². The molecule has 0 saturated heterocycles. The molecule has 0 aromatic heterocycles. The molecule has 0 bridgehead atoms. The molecule has 1 N–H and O–H groups in total. The van der Waals surface area contributed by atoms with Crippen LogP contribution in [0, 0.1) is 40.9 Å². The zero-order valence-corrected chi connectivity index (χ0v) is 15.9. The van der Waals surface area contributed by atoms with Crippen molar-refractivity contribution in [2.24, 2.45) is 40.9 Å². The van der Waals surface area contributed by atoms with Crippen LogP contribution in [0.5, 0.6) is 0 Å². The van der Waals surface area contributed by atoms with Gasteiger partial charge in [-0.2, -0.15) is 0 Å². The van der Waals surface area contributed by atoms with Crippen molar-refractivity contribution < 1.29 is 9.90 Å². The summed E-state index contributed by atoms with van der Waals surface area (Å²) >= 11 is 0. The third-order valence-electron chi connectivity index (χ3n) is 8.97. The lowest BCUT2D eigenvalue weighted by atomic mass is 9.49. The van der Waals surface area contributed by atoms with Gasteiger partial charge in [0.05, 0.1) is 5.60 Å². The van der Waals surface area contributed by atoms with Gasteiger partial charge in [0.2, 0.25) is 0 Å². The summed E-state index contributed by atoms with van der Waals surface area (Å²) in [5, 5.41) is 10.5. The normalized spacial score (nSPS) is 53.8. The SMILES string of the molecule is CCC(=O)[C@H]1CC[C@H]2[C@@H]3CC[C@H]4C[C@](C)(O)CC[C@@H]4[C@H]3CC[C@]12C. The van der Waals surface area contributed by atoms with Gasteiger partial charge < -0.3 is 5.11 Å². The lowest BCUT2D eigenvalue weighted by Crippen LogP contribution is -2.51. The Kier molecular flexibility index (Phi) is 4.14. The van der Waals surface area contributed by atoms with Gasteiger partial charge in [0.25, 0.3) is 0 Å². The predicted octanol–water partition coefficient (Wildman–Crippen LogP) is 4.99. The molecule has 0 aromatic rings. The van der Waals surface area contributed by atoms with Gasteiger partial charge in [0, 0.05) is 12.3 Å². The fraction of sp³-hybridized carbons (Fsp3) is 0.955. The average molecular weight is 333 g/mol. The van der Waals surface area contributed by atoms with Crippen molar-refractivity contribution in [1.82, 2.24) is 0 Å². The molecular weight excluding hydrogens is 296 g/mol. The first kappa shape index (κ1) is 17.1. The van der Waals surface area contributed by atoms with Gasteiger partial charge in [0.1, 0.15) is 5.78 Å². The zero-order valence-electron chi connectivity index (χ0n) is 15.9.